The fraction of sp³-hybridized carbons (Fsp3) is 0.400. The van der Waals surface area contributed by atoms with Gasteiger partial charge in [-0.2, -0.15) is 0 Å². The molecule has 2 atom stereocenters. The Morgan fingerprint density at radius 2 is 0.821 bits per heavy atom. The Bertz CT molecular complexity index is 458. The SMILES string of the molecule is NC(=O)NC(CC(=O)[O-])C(=O)[O-].NC(=O)NC(CC(=O)[O-])C(=O)[O-].[Na+].[Na+].[Na+].[Na+]. The van der Waals surface area contributed by atoms with E-state index in [0.717, 1.165) is 0 Å². The number of amides is 4. The number of nitrogens with two attached hydrogens (primary N) is 2. The third-order valence-corrected chi connectivity index (χ3v) is 1.94. The first-order valence-electron chi connectivity index (χ1n) is 5.80. The summed E-state index contributed by atoms with van der Waals surface area (Å²) in [5.41, 5.74) is 9.10. The van der Waals surface area contributed by atoms with Crippen LogP contribution >= 0.6 is 0 Å². The van der Waals surface area contributed by atoms with Gasteiger partial charge in [-0.3, -0.25) is 0 Å². The average Bonchev–Trinajstić information content (AvgIpc) is 2.35. The topological polar surface area (TPSA) is 271 Å². The molecule has 0 saturated carbocycles. The molecule has 0 radical (unpaired) electrons. The maximum absolute atomic E-state index is 10.1. The molecule has 0 aromatic heterocycles. The van der Waals surface area contributed by atoms with Gasteiger partial charge in [-0.1, -0.05) is 0 Å². The van der Waals surface area contributed by atoms with Gasteiger partial charge in [-0.25, -0.2) is 9.59 Å². The quantitative estimate of drug-likeness (QED) is 0.259. The van der Waals surface area contributed by atoms with Gasteiger partial charge in [0.2, 0.25) is 0 Å². The number of carboxylic acid groups (broad SMARTS) is 4. The van der Waals surface area contributed by atoms with E-state index >= 15 is 0 Å². The number of hydrogen-bond acceptors (Lipinski definition) is 10. The number of primary amides is 2. The number of carboxylic acids is 4. The van der Waals surface area contributed by atoms with Crippen LogP contribution in [0.1, 0.15) is 12.8 Å². The summed E-state index contributed by atoms with van der Waals surface area (Å²) in [5, 5.41) is 43.3. The van der Waals surface area contributed by atoms with E-state index in [1.807, 2.05) is 0 Å². The molecule has 0 spiro atoms. The third-order valence-electron chi connectivity index (χ3n) is 1.94. The average molecular weight is 440 g/mol. The van der Waals surface area contributed by atoms with Crippen molar-refractivity contribution in [1.82, 2.24) is 10.6 Å². The maximum Gasteiger partial charge on any atom is 1.00 e. The first-order valence-corrected chi connectivity index (χ1v) is 5.80. The zero-order valence-electron chi connectivity index (χ0n) is 15.8. The van der Waals surface area contributed by atoms with Crippen molar-refractivity contribution in [3.63, 3.8) is 0 Å². The van der Waals surface area contributed by atoms with Crippen LogP contribution < -0.4 is 161 Å². The fourth-order valence-corrected chi connectivity index (χ4v) is 1.06. The first-order chi connectivity index (χ1) is 10.9. The molecule has 6 N–H and O–H groups in total. The number of urea groups is 2. The van der Waals surface area contributed by atoms with E-state index in [2.05, 4.69) is 11.5 Å². The van der Waals surface area contributed by atoms with Crippen LogP contribution in [0.2, 0.25) is 0 Å². The van der Waals surface area contributed by atoms with E-state index in [0.29, 0.717) is 0 Å². The number of rotatable bonds is 8. The Kier molecular flexibility index (Phi) is 36.0. The number of hydrogen-bond donors (Lipinski definition) is 4. The molecule has 136 valence electrons. The summed E-state index contributed by atoms with van der Waals surface area (Å²) < 4.78 is 0. The van der Waals surface area contributed by atoms with Gasteiger partial charge in [0.25, 0.3) is 0 Å². The van der Waals surface area contributed by atoms with E-state index in [-0.39, 0.29) is 118 Å². The molecule has 14 nitrogen and oxygen atoms in total. The van der Waals surface area contributed by atoms with Crippen LogP contribution in [-0.2, 0) is 19.2 Å². The van der Waals surface area contributed by atoms with Crippen LogP contribution in [0.3, 0.4) is 0 Å². The minimum Gasteiger partial charge on any atom is -0.550 e. The summed E-state index contributed by atoms with van der Waals surface area (Å²) in [7, 11) is 0. The molecule has 2 unspecified atom stereocenters. The van der Waals surface area contributed by atoms with Gasteiger partial charge in [0.15, 0.2) is 0 Å². The molecule has 0 aliphatic heterocycles. The molecule has 0 aromatic carbocycles. The molecule has 0 saturated heterocycles. The van der Waals surface area contributed by atoms with Crippen molar-refractivity contribution < 1.29 is 167 Å². The maximum atomic E-state index is 10.1. The van der Waals surface area contributed by atoms with Crippen LogP contribution in [0, 0.1) is 0 Å². The van der Waals surface area contributed by atoms with Crippen molar-refractivity contribution in [2.45, 2.75) is 24.9 Å². The molecule has 4 amide bonds. The summed E-state index contributed by atoms with van der Waals surface area (Å²) in [6, 6.07) is -5.56. The van der Waals surface area contributed by atoms with Gasteiger partial charge < -0.3 is 61.7 Å². The fourth-order valence-electron chi connectivity index (χ4n) is 1.06. The molecular formula is C10H12N4Na4O10. The van der Waals surface area contributed by atoms with Crippen molar-refractivity contribution in [2.24, 2.45) is 11.5 Å². The predicted octanol–water partition coefficient (Wildman–Crippen LogP) is -20.2. The summed E-state index contributed by atoms with van der Waals surface area (Å²) in [6.07, 6.45) is -1.74. The minimum atomic E-state index is -1.72. The van der Waals surface area contributed by atoms with E-state index in [1.165, 1.54) is 0 Å². The summed E-state index contributed by atoms with van der Waals surface area (Å²) in [6.45, 7) is 0. The van der Waals surface area contributed by atoms with Crippen LogP contribution in [0.5, 0.6) is 0 Å². The van der Waals surface area contributed by atoms with Crippen molar-refractivity contribution in [2.75, 3.05) is 0 Å². The van der Waals surface area contributed by atoms with E-state index in [4.69, 9.17) is 0 Å². The van der Waals surface area contributed by atoms with Gasteiger partial charge in [-0.15, -0.1) is 0 Å². The third kappa shape index (κ3) is 28.6. The Labute approximate surface area is 247 Å². The van der Waals surface area contributed by atoms with Gasteiger partial charge >= 0.3 is 130 Å². The van der Waals surface area contributed by atoms with Crippen LogP contribution in [0.15, 0.2) is 0 Å². The number of carbonyl (C=O) groups excluding carboxylic acids is 6. The summed E-state index contributed by atoms with van der Waals surface area (Å²) >= 11 is 0. The Hall–Kier alpha value is 0.420. The second kappa shape index (κ2) is 23.7. The number of carbonyl (C=O) groups is 6. The Morgan fingerprint density at radius 1 is 0.607 bits per heavy atom. The van der Waals surface area contributed by atoms with Crippen LogP contribution in [-0.4, -0.2) is 48.0 Å². The molecule has 0 fully saturated rings. The largest absolute Gasteiger partial charge is 1.00 e. The summed E-state index contributed by atoms with van der Waals surface area (Å²) in [4.78, 5) is 60.2. The Balaban J connectivity index is -0.0000000756. The first kappa shape index (κ1) is 42.5. The monoisotopic (exact) mass is 440 g/mol. The number of aliphatic carboxylic acids is 4. The molecule has 0 aromatic rings. The normalized spacial score (nSPS) is 10.0. The zero-order valence-corrected chi connectivity index (χ0v) is 23.8. The molecular weight excluding hydrogens is 428 g/mol. The molecule has 0 rings (SSSR count). The zero-order chi connectivity index (χ0) is 19.4. The van der Waals surface area contributed by atoms with Gasteiger partial charge in [-0.05, 0) is 0 Å². The van der Waals surface area contributed by atoms with Crippen molar-refractivity contribution in [1.29, 1.82) is 0 Å². The van der Waals surface area contributed by atoms with Crippen LogP contribution in [0.25, 0.3) is 0 Å². The molecule has 28 heavy (non-hydrogen) atoms. The van der Waals surface area contributed by atoms with Gasteiger partial charge in [0, 0.05) is 24.8 Å². The number of nitrogens with one attached hydrogen (secondary N) is 2. The molecule has 0 aliphatic carbocycles. The molecule has 18 heteroatoms. The van der Waals surface area contributed by atoms with E-state index in [9.17, 15) is 49.2 Å². The van der Waals surface area contributed by atoms with E-state index in [1.54, 1.807) is 10.6 Å². The van der Waals surface area contributed by atoms with E-state index < -0.39 is 60.9 Å². The second-order valence-electron chi connectivity index (χ2n) is 3.91. The standard InChI is InChI=1S/2C5H8N2O5.4Na/c2*6-5(12)7-2(4(10)11)1-3(8)9;;;;/h2*2H,1H2,(H,8,9)(H,10,11)(H3,6,7,12);;;;/q;;4*+1/p-4. The second-order valence-corrected chi connectivity index (χ2v) is 3.91. The molecule has 0 aliphatic rings. The molecule has 0 heterocycles. The van der Waals surface area contributed by atoms with Crippen molar-refractivity contribution >= 4 is 35.9 Å². The predicted molar refractivity (Wildman–Crippen MR) is 62.3 cm³/mol. The van der Waals surface area contributed by atoms with Crippen LogP contribution in [0.4, 0.5) is 9.59 Å². The van der Waals surface area contributed by atoms with Crippen molar-refractivity contribution in [3.8, 4) is 0 Å². The Morgan fingerprint density at radius 3 is 0.929 bits per heavy atom. The summed E-state index contributed by atoms with van der Waals surface area (Å²) in [5.74, 6) is -6.67. The minimum absolute atomic E-state index is 0. The van der Waals surface area contributed by atoms with Gasteiger partial charge in [0.05, 0.1) is 24.0 Å². The smallest absolute Gasteiger partial charge is 0.550 e. The molecule has 0 bridgehead atoms. The van der Waals surface area contributed by atoms with Gasteiger partial charge in [0.1, 0.15) is 0 Å². The van der Waals surface area contributed by atoms with Crippen molar-refractivity contribution in [3.05, 3.63) is 0 Å².